The van der Waals surface area contributed by atoms with Crippen molar-refractivity contribution in [2.75, 3.05) is 11.9 Å². The monoisotopic (exact) mass is 392 g/mol. The van der Waals surface area contributed by atoms with Gasteiger partial charge in [-0.25, -0.2) is 0 Å². The van der Waals surface area contributed by atoms with Crippen molar-refractivity contribution in [3.63, 3.8) is 0 Å². The molecule has 0 fully saturated rings. The first-order valence-corrected chi connectivity index (χ1v) is 9.15. The molecule has 5 nitrogen and oxygen atoms in total. The van der Waals surface area contributed by atoms with E-state index in [-0.39, 0.29) is 17.6 Å². The zero-order valence-corrected chi connectivity index (χ0v) is 15.9. The number of ether oxygens (including phenoxy) is 2. The van der Waals surface area contributed by atoms with Gasteiger partial charge in [-0.3, -0.25) is 10.1 Å². The van der Waals surface area contributed by atoms with Crippen molar-refractivity contribution in [2.45, 2.75) is 6.61 Å². The van der Waals surface area contributed by atoms with E-state index in [1.807, 2.05) is 72.8 Å². The van der Waals surface area contributed by atoms with Gasteiger partial charge in [-0.2, -0.15) is 0 Å². The largest absolute Gasteiger partial charge is 0.489 e. The van der Waals surface area contributed by atoms with Gasteiger partial charge in [0.2, 0.25) is 0 Å². The minimum absolute atomic E-state index is 0.113. The third-order valence-corrected chi connectivity index (χ3v) is 3.93. The zero-order valence-electron chi connectivity index (χ0n) is 15.1. The van der Waals surface area contributed by atoms with Crippen molar-refractivity contribution in [1.29, 1.82) is 0 Å². The second-order valence-electron chi connectivity index (χ2n) is 5.90. The van der Waals surface area contributed by atoms with Crippen molar-refractivity contribution in [2.24, 2.45) is 0 Å². The van der Waals surface area contributed by atoms with Gasteiger partial charge in [0.25, 0.3) is 5.91 Å². The van der Waals surface area contributed by atoms with Gasteiger partial charge in [0, 0.05) is 5.69 Å². The van der Waals surface area contributed by atoms with Gasteiger partial charge < -0.3 is 14.8 Å². The first kappa shape index (κ1) is 19.4. The molecule has 3 aromatic carbocycles. The molecule has 0 radical (unpaired) electrons. The van der Waals surface area contributed by atoms with E-state index >= 15 is 0 Å². The summed E-state index contributed by atoms with van der Waals surface area (Å²) in [6.07, 6.45) is 0. The normalized spacial score (nSPS) is 10.0. The van der Waals surface area contributed by atoms with Gasteiger partial charge >= 0.3 is 0 Å². The Hall–Kier alpha value is -3.38. The number of para-hydroxylation sites is 1. The maximum absolute atomic E-state index is 11.9. The van der Waals surface area contributed by atoms with E-state index < -0.39 is 0 Å². The predicted octanol–water partition coefficient (Wildman–Crippen LogP) is 4.16. The summed E-state index contributed by atoms with van der Waals surface area (Å²) in [4.78, 5) is 11.9. The van der Waals surface area contributed by atoms with E-state index in [1.54, 1.807) is 12.1 Å². The molecule has 0 bridgehead atoms. The second-order valence-corrected chi connectivity index (χ2v) is 6.31. The van der Waals surface area contributed by atoms with Crippen LogP contribution in [0.1, 0.15) is 5.56 Å². The standard InChI is InChI=1S/C22H20N2O3S/c25-21(16-27-19-9-5-2-6-10-19)24-22(28)23-18-11-13-20(14-12-18)26-15-17-7-3-1-4-8-17/h1-14H,15-16H2,(H2,23,24,25,28). The van der Waals surface area contributed by atoms with E-state index in [4.69, 9.17) is 21.7 Å². The highest BCUT2D eigenvalue weighted by Crippen LogP contribution is 2.17. The highest BCUT2D eigenvalue weighted by Gasteiger charge is 2.06. The van der Waals surface area contributed by atoms with Gasteiger partial charge in [-0.1, -0.05) is 48.5 Å². The fourth-order valence-electron chi connectivity index (χ4n) is 2.37. The van der Waals surface area contributed by atoms with Crippen molar-refractivity contribution >= 4 is 28.9 Å². The SMILES string of the molecule is O=C(COc1ccccc1)NC(=S)Nc1ccc(OCc2ccccc2)cc1. The highest BCUT2D eigenvalue weighted by atomic mass is 32.1. The van der Waals surface area contributed by atoms with Crippen LogP contribution in [0.2, 0.25) is 0 Å². The Kier molecular flexibility index (Phi) is 6.98. The molecule has 0 aliphatic carbocycles. The molecular weight excluding hydrogens is 372 g/mol. The summed E-state index contributed by atoms with van der Waals surface area (Å²) in [5.74, 6) is 1.05. The summed E-state index contributed by atoms with van der Waals surface area (Å²) in [5.41, 5.74) is 1.85. The molecule has 0 unspecified atom stereocenters. The maximum atomic E-state index is 11.9. The lowest BCUT2D eigenvalue weighted by atomic mass is 10.2. The lowest BCUT2D eigenvalue weighted by Crippen LogP contribution is -2.37. The summed E-state index contributed by atoms with van der Waals surface area (Å²) >= 11 is 5.16. The lowest BCUT2D eigenvalue weighted by Gasteiger charge is -2.11. The second kappa shape index (κ2) is 10.1. The number of nitrogens with one attached hydrogen (secondary N) is 2. The number of hydrogen-bond donors (Lipinski definition) is 2. The van der Waals surface area contributed by atoms with Crippen LogP contribution in [-0.2, 0) is 11.4 Å². The first-order chi connectivity index (χ1) is 13.7. The van der Waals surface area contributed by atoms with Crippen LogP contribution < -0.4 is 20.1 Å². The molecule has 2 N–H and O–H groups in total. The highest BCUT2D eigenvalue weighted by molar-refractivity contribution is 7.80. The molecule has 0 spiro atoms. The third-order valence-electron chi connectivity index (χ3n) is 3.73. The van der Waals surface area contributed by atoms with Crippen LogP contribution >= 0.6 is 12.2 Å². The Balaban J connectivity index is 1.41. The fourth-order valence-corrected chi connectivity index (χ4v) is 2.60. The minimum atomic E-state index is -0.329. The molecule has 0 heterocycles. The van der Waals surface area contributed by atoms with E-state index in [1.165, 1.54) is 0 Å². The molecule has 0 aliphatic heterocycles. The number of benzene rings is 3. The zero-order chi connectivity index (χ0) is 19.6. The summed E-state index contributed by atoms with van der Waals surface area (Å²) in [5, 5.41) is 5.75. The Bertz CT molecular complexity index is 900. The number of carbonyl (C=O) groups is 1. The molecule has 3 rings (SSSR count). The van der Waals surface area contributed by atoms with Gasteiger partial charge in [0.05, 0.1) is 0 Å². The average molecular weight is 392 g/mol. The van der Waals surface area contributed by atoms with Crippen LogP contribution in [0.15, 0.2) is 84.9 Å². The molecule has 0 saturated carbocycles. The van der Waals surface area contributed by atoms with Crippen molar-refractivity contribution < 1.29 is 14.3 Å². The Morgan fingerprint density at radius 3 is 2.07 bits per heavy atom. The summed E-state index contributed by atoms with van der Waals surface area (Å²) in [6.45, 7) is 0.390. The molecule has 6 heteroatoms. The molecule has 0 aliphatic rings. The third kappa shape index (κ3) is 6.41. The van der Waals surface area contributed by atoms with Crippen LogP contribution in [0.5, 0.6) is 11.5 Å². The van der Waals surface area contributed by atoms with Crippen LogP contribution in [0, 0.1) is 0 Å². The number of anilines is 1. The van der Waals surface area contributed by atoms with Crippen LogP contribution in [-0.4, -0.2) is 17.6 Å². The Morgan fingerprint density at radius 1 is 0.786 bits per heavy atom. The topological polar surface area (TPSA) is 59.6 Å². The van der Waals surface area contributed by atoms with Crippen molar-refractivity contribution in [1.82, 2.24) is 5.32 Å². The van der Waals surface area contributed by atoms with Gasteiger partial charge in [-0.05, 0) is 54.2 Å². The number of carbonyl (C=O) groups excluding carboxylic acids is 1. The summed E-state index contributed by atoms with van der Waals surface area (Å²) < 4.78 is 11.1. The maximum Gasteiger partial charge on any atom is 0.264 e. The van der Waals surface area contributed by atoms with E-state index in [2.05, 4.69) is 10.6 Å². The molecule has 28 heavy (non-hydrogen) atoms. The molecule has 1 amide bonds. The number of rotatable bonds is 7. The molecule has 0 aromatic heterocycles. The van der Waals surface area contributed by atoms with Crippen LogP contribution in [0.25, 0.3) is 0 Å². The lowest BCUT2D eigenvalue weighted by molar-refractivity contribution is -0.121. The summed E-state index contributed by atoms with van der Waals surface area (Å²) in [7, 11) is 0. The van der Waals surface area contributed by atoms with Gasteiger partial charge in [-0.15, -0.1) is 0 Å². The summed E-state index contributed by atoms with van der Waals surface area (Å²) in [6, 6.07) is 26.4. The van der Waals surface area contributed by atoms with Crippen LogP contribution in [0.4, 0.5) is 5.69 Å². The van der Waals surface area contributed by atoms with Gasteiger partial charge in [0.1, 0.15) is 18.1 Å². The minimum Gasteiger partial charge on any atom is -0.489 e. The van der Waals surface area contributed by atoms with E-state index in [0.29, 0.717) is 12.4 Å². The van der Waals surface area contributed by atoms with E-state index in [0.717, 1.165) is 17.0 Å². The number of thiocarbonyl (C=S) groups is 1. The fraction of sp³-hybridized carbons (Fsp3) is 0.0909. The molecule has 0 saturated heterocycles. The van der Waals surface area contributed by atoms with Crippen molar-refractivity contribution in [3.8, 4) is 11.5 Å². The smallest absolute Gasteiger partial charge is 0.264 e. The molecule has 3 aromatic rings. The average Bonchev–Trinajstić information content (AvgIpc) is 2.73. The van der Waals surface area contributed by atoms with Gasteiger partial charge in [0.15, 0.2) is 11.7 Å². The number of hydrogen-bond acceptors (Lipinski definition) is 4. The quantitative estimate of drug-likeness (QED) is 0.592. The Morgan fingerprint density at radius 2 is 1.39 bits per heavy atom. The first-order valence-electron chi connectivity index (χ1n) is 8.74. The molecule has 142 valence electrons. The van der Waals surface area contributed by atoms with Crippen molar-refractivity contribution in [3.05, 3.63) is 90.5 Å². The number of amides is 1. The van der Waals surface area contributed by atoms with E-state index in [9.17, 15) is 4.79 Å². The predicted molar refractivity (Wildman–Crippen MR) is 114 cm³/mol. The molecular formula is C22H20N2O3S. The molecule has 0 atom stereocenters. The van der Waals surface area contributed by atoms with Crippen LogP contribution in [0.3, 0.4) is 0 Å². The Labute approximate surface area is 169 Å².